The van der Waals surface area contributed by atoms with Gasteiger partial charge < -0.3 is 11.1 Å². The van der Waals surface area contributed by atoms with Crippen LogP contribution in [0.5, 0.6) is 0 Å². The van der Waals surface area contributed by atoms with Crippen LogP contribution >= 0.6 is 0 Å². The molecule has 2 aromatic rings. The van der Waals surface area contributed by atoms with Gasteiger partial charge in [0.25, 0.3) is 5.91 Å². The summed E-state index contributed by atoms with van der Waals surface area (Å²) in [6.45, 7) is 4.44. The van der Waals surface area contributed by atoms with E-state index < -0.39 is 0 Å². The molecule has 0 fully saturated rings. The molecule has 0 saturated carbocycles. The first-order valence-electron chi connectivity index (χ1n) is 6.13. The highest BCUT2D eigenvalue weighted by Gasteiger charge is 2.09. The standard InChI is InChI=1S/C14H18N4O/c1-9-13(15)10(2)18(17-9)8-11-5-4-6-12(7-11)14(19)16-3/h4-7H,8,15H2,1-3H3,(H,16,19). The first-order chi connectivity index (χ1) is 9.02. The van der Waals surface area contributed by atoms with Crippen molar-refractivity contribution in [2.45, 2.75) is 20.4 Å². The summed E-state index contributed by atoms with van der Waals surface area (Å²) in [7, 11) is 1.62. The van der Waals surface area contributed by atoms with Crippen LogP contribution < -0.4 is 11.1 Å². The number of benzene rings is 1. The van der Waals surface area contributed by atoms with Crippen molar-refractivity contribution in [2.24, 2.45) is 0 Å². The number of aromatic nitrogens is 2. The minimum absolute atomic E-state index is 0.0882. The molecule has 0 aliphatic heterocycles. The largest absolute Gasteiger partial charge is 0.396 e. The molecule has 1 heterocycles. The Balaban J connectivity index is 2.28. The third kappa shape index (κ3) is 2.59. The van der Waals surface area contributed by atoms with Gasteiger partial charge in [-0.3, -0.25) is 9.48 Å². The first kappa shape index (κ1) is 13.1. The van der Waals surface area contributed by atoms with Crippen molar-refractivity contribution >= 4 is 11.6 Å². The van der Waals surface area contributed by atoms with Gasteiger partial charge in [-0.15, -0.1) is 0 Å². The Morgan fingerprint density at radius 3 is 2.74 bits per heavy atom. The van der Waals surface area contributed by atoms with Crippen LogP contribution in [-0.2, 0) is 6.54 Å². The van der Waals surface area contributed by atoms with E-state index in [0.717, 1.165) is 22.6 Å². The number of carbonyl (C=O) groups excluding carboxylic acids is 1. The lowest BCUT2D eigenvalue weighted by Gasteiger charge is -2.07. The van der Waals surface area contributed by atoms with Crippen LogP contribution in [0.15, 0.2) is 24.3 Å². The Morgan fingerprint density at radius 2 is 2.16 bits per heavy atom. The van der Waals surface area contributed by atoms with Gasteiger partial charge in [-0.2, -0.15) is 5.10 Å². The lowest BCUT2D eigenvalue weighted by atomic mass is 10.1. The second kappa shape index (κ2) is 5.14. The molecule has 1 aromatic carbocycles. The summed E-state index contributed by atoms with van der Waals surface area (Å²) in [6, 6.07) is 7.50. The van der Waals surface area contributed by atoms with Crippen LogP contribution in [0.4, 0.5) is 5.69 Å². The third-order valence-corrected chi connectivity index (χ3v) is 3.19. The number of nitrogens with two attached hydrogens (primary N) is 1. The number of nitrogens with one attached hydrogen (secondary N) is 1. The van der Waals surface area contributed by atoms with Gasteiger partial charge in [0.1, 0.15) is 0 Å². The van der Waals surface area contributed by atoms with E-state index >= 15 is 0 Å². The molecule has 0 spiro atoms. The van der Waals surface area contributed by atoms with Crippen LogP contribution in [0.3, 0.4) is 0 Å². The zero-order valence-electron chi connectivity index (χ0n) is 11.4. The van der Waals surface area contributed by atoms with Crippen molar-refractivity contribution in [2.75, 3.05) is 12.8 Å². The molecule has 2 rings (SSSR count). The maximum atomic E-state index is 11.6. The highest BCUT2D eigenvalue weighted by Crippen LogP contribution is 2.16. The van der Waals surface area contributed by atoms with E-state index in [1.165, 1.54) is 0 Å². The predicted octanol–water partition coefficient (Wildman–Crippen LogP) is 1.49. The first-order valence-corrected chi connectivity index (χ1v) is 6.13. The van der Waals surface area contributed by atoms with Crippen LogP contribution in [0.2, 0.25) is 0 Å². The molecular formula is C14H18N4O. The molecule has 19 heavy (non-hydrogen) atoms. The Kier molecular flexibility index (Phi) is 3.55. The second-order valence-electron chi connectivity index (χ2n) is 4.52. The van der Waals surface area contributed by atoms with Gasteiger partial charge in [0.2, 0.25) is 0 Å². The van der Waals surface area contributed by atoms with Crippen LogP contribution in [0.1, 0.15) is 27.3 Å². The molecule has 0 aliphatic rings. The predicted molar refractivity (Wildman–Crippen MR) is 75.0 cm³/mol. The number of rotatable bonds is 3. The topological polar surface area (TPSA) is 72.9 Å². The average molecular weight is 258 g/mol. The van der Waals surface area contributed by atoms with E-state index in [9.17, 15) is 4.79 Å². The fourth-order valence-corrected chi connectivity index (χ4v) is 1.99. The van der Waals surface area contributed by atoms with Gasteiger partial charge in [-0.1, -0.05) is 12.1 Å². The van der Waals surface area contributed by atoms with E-state index in [1.54, 1.807) is 13.1 Å². The molecule has 0 aliphatic carbocycles. The number of carbonyl (C=O) groups is 1. The highest BCUT2D eigenvalue weighted by atomic mass is 16.1. The Morgan fingerprint density at radius 1 is 1.42 bits per heavy atom. The van der Waals surface area contributed by atoms with Gasteiger partial charge in [-0.25, -0.2) is 0 Å². The van der Waals surface area contributed by atoms with E-state index in [4.69, 9.17) is 5.73 Å². The minimum atomic E-state index is -0.0882. The zero-order chi connectivity index (χ0) is 14.0. The van der Waals surface area contributed by atoms with Crippen molar-refractivity contribution < 1.29 is 4.79 Å². The third-order valence-electron chi connectivity index (χ3n) is 3.19. The molecule has 3 N–H and O–H groups in total. The maximum Gasteiger partial charge on any atom is 0.251 e. The van der Waals surface area contributed by atoms with Gasteiger partial charge in [0.15, 0.2) is 0 Å². The number of nitrogens with zero attached hydrogens (tertiary/aromatic N) is 2. The smallest absolute Gasteiger partial charge is 0.251 e. The van der Waals surface area contributed by atoms with Crippen molar-refractivity contribution in [1.82, 2.24) is 15.1 Å². The molecule has 1 aromatic heterocycles. The van der Waals surface area contributed by atoms with Gasteiger partial charge >= 0.3 is 0 Å². The summed E-state index contributed by atoms with van der Waals surface area (Å²) in [4.78, 5) is 11.6. The fourth-order valence-electron chi connectivity index (χ4n) is 1.99. The number of aryl methyl sites for hydroxylation is 1. The summed E-state index contributed by atoms with van der Waals surface area (Å²) >= 11 is 0. The number of nitrogen functional groups attached to an aromatic ring is 1. The summed E-state index contributed by atoms with van der Waals surface area (Å²) < 4.78 is 1.85. The fraction of sp³-hybridized carbons (Fsp3) is 0.286. The summed E-state index contributed by atoms with van der Waals surface area (Å²) in [6.07, 6.45) is 0. The van der Waals surface area contributed by atoms with Crippen molar-refractivity contribution in [3.63, 3.8) is 0 Å². The highest BCUT2D eigenvalue weighted by molar-refractivity contribution is 5.94. The minimum Gasteiger partial charge on any atom is -0.396 e. The van der Waals surface area contributed by atoms with Crippen molar-refractivity contribution in [3.8, 4) is 0 Å². The molecule has 1 amide bonds. The van der Waals surface area contributed by atoms with E-state index in [1.807, 2.05) is 36.7 Å². The number of anilines is 1. The Bertz CT molecular complexity index is 616. The average Bonchev–Trinajstić information content (AvgIpc) is 2.66. The molecule has 0 bridgehead atoms. The molecule has 0 unspecified atom stereocenters. The van der Waals surface area contributed by atoms with Gasteiger partial charge in [0, 0.05) is 12.6 Å². The Hall–Kier alpha value is -2.30. The SMILES string of the molecule is CNC(=O)c1cccc(Cn2nc(C)c(N)c2C)c1. The summed E-state index contributed by atoms with van der Waals surface area (Å²) in [5, 5.41) is 7.01. The zero-order valence-corrected chi connectivity index (χ0v) is 11.4. The monoisotopic (exact) mass is 258 g/mol. The summed E-state index contributed by atoms with van der Waals surface area (Å²) in [5.74, 6) is -0.0882. The van der Waals surface area contributed by atoms with Crippen LogP contribution in [0.25, 0.3) is 0 Å². The normalized spacial score (nSPS) is 10.5. The molecular weight excluding hydrogens is 240 g/mol. The molecule has 0 atom stereocenters. The van der Waals surface area contributed by atoms with Gasteiger partial charge in [-0.05, 0) is 31.5 Å². The van der Waals surface area contributed by atoms with E-state index in [-0.39, 0.29) is 5.91 Å². The van der Waals surface area contributed by atoms with Crippen LogP contribution in [0, 0.1) is 13.8 Å². The van der Waals surface area contributed by atoms with Crippen molar-refractivity contribution in [1.29, 1.82) is 0 Å². The maximum absolute atomic E-state index is 11.6. The van der Waals surface area contributed by atoms with E-state index in [2.05, 4.69) is 10.4 Å². The molecule has 5 nitrogen and oxygen atoms in total. The molecule has 100 valence electrons. The molecule has 5 heteroatoms. The summed E-state index contributed by atoms with van der Waals surface area (Å²) in [5.41, 5.74) is 10.1. The number of hydrogen-bond acceptors (Lipinski definition) is 3. The van der Waals surface area contributed by atoms with Gasteiger partial charge in [0.05, 0.1) is 23.6 Å². The lowest BCUT2D eigenvalue weighted by molar-refractivity contribution is 0.0963. The van der Waals surface area contributed by atoms with Crippen LogP contribution in [-0.4, -0.2) is 22.7 Å². The second-order valence-corrected chi connectivity index (χ2v) is 4.52. The Labute approximate surface area is 112 Å². The van der Waals surface area contributed by atoms with Crippen molar-refractivity contribution in [3.05, 3.63) is 46.8 Å². The number of hydrogen-bond donors (Lipinski definition) is 2. The lowest BCUT2D eigenvalue weighted by Crippen LogP contribution is -2.18. The van der Waals surface area contributed by atoms with E-state index in [0.29, 0.717) is 12.1 Å². The number of amides is 1. The molecule has 0 saturated heterocycles. The molecule has 0 radical (unpaired) electrons. The quantitative estimate of drug-likeness (QED) is 0.876.